The fourth-order valence-corrected chi connectivity index (χ4v) is 3.51. The predicted molar refractivity (Wildman–Crippen MR) is 87.7 cm³/mol. The quantitative estimate of drug-likeness (QED) is 0.808. The van der Waals surface area contributed by atoms with Crippen LogP contribution in [0, 0.1) is 0 Å². The molecule has 6 heteroatoms. The second-order valence-electron chi connectivity index (χ2n) is 4.77. The van der Waals surface area contributed by atoms with Crippen molar-refractivity contribution in [1.82, 2.24) is 4.31 Å². The van der Waals surface area contributed by atoms with E-state index in [0.717, 1.165) is 5.56 Å². The summed E-state index contributed by atoms with van der Waals surface area (Å²) in [7, 11) is -2.05. The first-order valence-electron chi connectivity index (χ1n) is 6.87. The molecule has 0 heterocycles. The van der Waals surface area contributed by atoms with Crippen LogP contribution in [-0.2, 0) is 16.6 Å². The summed E-state index contributed by atoms with van der Waals surface area (Å²) in [5, 5.41) is 0.288. The van der Waals surface area contributed by atoms with Gasteiger partial charge in [0.2, 0.25) is 10.0 Å². The molecule has 0 amide bonds. The average Bonchev–Trinajstić information content (AvgIpc) is 2.50. The molecule has 22 heavy (non-hydrogen) atoms. The molecule has 0 unspecified atom stereocenters. The van der Waals surface area contributed by atoms with E-state index in [-0.39, 0.29) is 9.92 Å². The monoisotopic (exact) mass is 339 g/mol. The summed E-state index contributed by atoms with van der Waals surface area (Å²) < 4.78 is 31.8. The van der Waals surface area contributed by atoms with Gasteiger partial charge >= 0.3 is 0 Å². The summed E-state index contributed by atoms with van der Waals surface area (Å²) in [4.78, 5) is 0.152. The van der Waals surface area contributed by atoms with Crippen LogP contribution in [0.25, 0.3) is 0 Å². The number of hydrogen-bond donors (Lipinski definition) is 0. The van der Waals surface area contributed by atoms with E-state index in [1.807, 2.05) is 37.3 Å². The highest BCUT2D eigenvalue weighted by Gasteiger charge is 2.22. The Morgan fingerprint density at radius 1 is 1.14 bits per heavy atom. The largest absolute Gasteiger partial charge is 0.492 e. The third-order valence-electron chi connectivity index (χ3n) is 3.16. The van der Waals surface area contributed by atoms with Gasteiger partial charge in [0.25, 0.3) is 0 Å². The van der Waals surface area contributed by atoms with Gasteiger partial charge in [0.1, 0.15) is 5.75 Å². The molecule has 0 spiro atoms. The molecule has 0 radical (unpaired) electrons. The minimum atomic E-state index is -3.60. The van der Waals surface area contributed by atoms with Crippen LogP contribution >= 0.6 is 11.6 Å². The van der Waals surface area contributed by atoms with Crippen LogP contribution in [0.1, 0.15) is 12.5 Å². The van der Waals surface area contributed by atoms with Gasteiger partial charge in [-0.05, 0) is 30.7 Å². The molecule has 4 nitrogen and oxygen atoms in total. The summed E-state index contributed by atoms with van der Waals surface area (Å²) in [5.41, 5.74) is 0.922. The fourth-order valence-electron chi connectivity index (χ4n) is 2.02. The molecular formula is C16H18ClNO3S. The second-order valence-corrected chi connectivity index (χ2v) is 7.22. The van der Waals surface area contributed by atoms with E-state index in [0.29, 0.717) is 18.9 Å². The molecule has 2 aromatic carbocycles. The maximum Gasteiger partial charge on any atom is 0.243 e. The van der Waals surface area contributed by atoms with Crippen molar-refractivity contribution in [2.45, 2.75) is 18.4 Å². The third kappa shape index (κ3) is 3.80. The molecule has 0 aliphatic carbocycles. The van der Waals surface area contributed by atoms with Crippen LogP contribution in [0.5, 0.6) is 5.75 Å². The Balaban J connectivity index is 2.24. The molecular weight excluding hydrogens is 322 g/mol. The molecule has 2 aromatic rings. The van der Waals surface area contributed by atoms with Crippen molar-refractivity contribution in [3.05, 3.63) is 59.1 Å². The highest BCUT2D eigenvalue weighted by Crippen LogP contribution is 2.28. The van der Waals surface area contributed by atoms with Gasteiger partial charge in [-0.15, -0.1) is 0 Å². The maximum absolute atomic E-state index is 12.6. The van der Waals surface area contributed by atoms with Crippen molar-refractivity contribution < 1.29 is 13.2 Å². The van der Waals surface area contributed by atoms with Crippen molar-refractivity contribution in [2.75, 3.05) is 13.7 Å². The van der Waals surface area contributed by atoms with Crippen molar-refractivity contribution >= 4 is 21.6 Å². The Bertz CT molecular complexity index is 732. The second kappa shape index (κ2) is 7.13. The van der Waals surface area contributed by atoms with Crippen LogP contribution < -0.4 is 4.74 Å². The zero-order valence-corrected chi connectivity index (χ0v) is 14.1. The summed E-state index contributed by atoms with van der Waals surface area (Å²) in [5.74, 6) is 0.480. The number of rotatable bonds is 6. The Morgan fingerprint density at radius 3 is 2.41 bits per heavy atom. The molecule has 0 aromatic heterocycles. The minimum Gasteiger partial charge on any atom is -0.492 e. The van der Waals surface area contributed by atoms with Gasteiger partial charge < -0.3 is 4.74 Å². The summed E-state index contributed by atoms with van der Waals surface area (Å²) in [6, 6.07) is 13.9. The Morgan fingerprint density at radius 2 is 1.82 bits per heavy atom. The predicted octanol–water partition coefficient (Wildman–Crippen LogP) is 3.56. The standard InChI is InChI=1S/C16H18ClNO3S/c1-3-21-16-10-9-14(11-15(16)17)22(19,20)18(2)12-13-7-5-4-6-8-13/h4-11H,3,12H2,1-2H3. The van der Waals surface area contributed by atoms with Crippen molar-refractivity contribution in [3.8, 4) is 5.75 Å². The van der Waals surface area contributed by atoms with Crippen LogP contribution in [0.2, 0.25) is 5.02 Å². The lowest BCUT2D eigenvalue weighted by Crippen LogP contribution is -2.26. The highest BCUT2D eigenvalue weighted by molar-refractivity contribution is 7.89. The lowest BCUT2D eigenvalue weighted by atomic mass is 10.2. The first-order valence-corrected chi connectivity index (χ1v) is 8.69. The Kier molecular flexibility index (Phi) is 5.45. The van der Waals surface area contributed by atoms with E-state index in [1.165, 1.54) is 16.4 Å². The molecule has 0 saturated heterocycles. The molecule has 0 N–H and O–H groups in total. The number of sulfonamides is 1. The number of hydrogen-bond acceptors (Lipinski definition) is 3. The first-order chi connectivity index (χ1) is 10.4. The molecule has 118 valence electrons. The van der Waals surface area contributed by atoms with Gasteiger partial charge in [-0.3, -0.25) is 0 Å². The molecule has 0 atom stereocenters. The average molecular weight is 340 g/mol. The number of halogens is 1. The molecule has 0 saturated carbocycles. The first kappa shape index (κ1) is 16.8. The lowest BCUT2D eigenvalue weighted by Gasteiger charge is -2.18. The van der Waals surface area contributed by atoms with Gasteiger partial charge in [0.05, 0.1) is 16.5 Å². The molecule has 0 fully saturated rings. The van der Waals surface area contributed by atoms with E-state index in [4.69, 9.17) is 16.3 Å². The van der Waals surface area contributed by atoms with E-state index in [2.05, 4.69) is 0 Å². The van der Waals surface area contributed by atoms with E-state index in [1.54, 1.807) is 13.1 Å². The summed E-state index contributed by atoms with van der Waals surface area (Å²) in [6.07, 6.45) is 0. The topological polar surface area (TPSA) is 46.6 Å². The normalized spacial score (nSPS) is 11.6. The summed E-state index contributed by atoms with van der Waals surface area (Å²) in [6.45, 7) is 2.61. The Hall–Kier alpha value is -1.56. The zero-order chi connectivity index (χ0) is 16.2. The smallest absolute Gasteiger partial charge is 0.243 e. The SMILES string of the molecule is CCOc1ccc(S(=O)(=O)N(C)Cc2ccccc2)cc1Cl. The summed E-state index contributed by atoms with van der Waals surface area (Å²) >= 11 is 6.07. The van der Waals surface area contributed by atoms with Crippen LogP contribution in [0.4, 0.5) is 0 Å². The van der Waals surface area contributed by atoms with Crippen molar-refractivity contribution in [2.24, 2.45) is 0 Å². The Labute approximate surface area is 136 Å². The van der Waals surface area contributed by atoms with E-state index in [9.17, 15) is 8.42 Å². The molecule has 0 aliphatic rings. The van der Waals surface area contributed by atoms with Gasteiger partial charge in [-0.2, -0.15) is 4.31 Å². The number of nitrogens with zero attached hydrogens (tertiary/aromatic N) is 1. The van der Waals surface area contributed by atoms with Crippen LogP contribution in [-0.4, -0.2) is 26.4 Å². The van der Waals surface area contributed by atoms with Gasteiger partial charge in [0, 0.05) is 13.6 Å². The number of benzene rings is 2. The van der Waals surface area contributed by atoms with Crippen molar-refractivity contribution in [3.63, 3.8) is 0 Å². The van der Waals surface area contributed by atoms with E-state index >= 15 is 0 Å². The fraction of sp³-hybridized carbons (Fsp3) is 0.250. The van der Waals surface area contributed by atoms with Gasteiger partial charge in [-0.25, -0.2) is 8.42 Å². The molecule has 2 rings (SSSR count). The third-order valence-corrected chi connectivity index (χ3v) is 5.25. The lowest BCUT2D eigenvalue weighted by molar-refractivity contribution is 0.340. The maximum atomic E-state index is 12.6. The molecule has 0 aliphatic heterocycles. The highest BCUT2D eigenvalue weighted by atomic mass is 35.5. The van der Waals surface area contributed by atoms with Crippen LogP contribution in [0.15, 0.2) is 53.4 Å². The van der Waals surface area contributed by atoms with Gasteiger partial charge in [-0.1, -0.05) is 41.9 Å². The van der Waals surface area contributed by atoms with Gasteiger partial charge in [0.15, 0.2) is 0 Å². The van der Waals surface area contributed by atoms with Crippen LogP contribution in [0.3, 0.4) is 0 Å². The number of ether oxygens (including phenoxy) is 1. The zero-order valence-electron chi connectivity index (χ0n) is 12.5. The van der Waals surface area contributed by atoms with Crippen molar-refractivity contribution in [1.29, 1.82) is 0 Å². The molecule has 0 bridgehead atoms. The van der Waals surface area contributed by atoms with E-state index < -0.39 is 10.0 Å². The minimum absolute atomic E-state index is 0.152.